The second-order valence-corrected chi connectivity index (χ2v) is 13.6. The van der Waals surface area contributed by atoms with Gasteiger partial charge in [-0.3, -0.25) is 9.59 Å². The number of cyclic esters (lactones) is 1. The summed E-state index contributed by atoms with van der Waals surface area (Å²) in [5.41, 5.74) is 3.24. The van der Waals surface area contributed by atoms with Crippen LogP contribution in [0, 0.1) is 30.6 Å². The van der Waals surface area contributed by atoms with E-state index < -0.39 is 6.10 Å². The number of carbonyl (C=O) groups is 3. The van der Waals surface area contributed by atoms with E-state index in [-0.39, 0.29) is 61.0 Å². The first-order chi connectivity index (χ1) is 21.2. The molecular weight excluding hydrogens is 671 g/mol. The second kappa shape index (κ2) is 15.5. The van der Waals surface area contributed by atoms with Crippen molar-refractivity contribution in [3.05, 3.63) is 58.9 Å². The van der Waals surface area contributed by atoms with Crippen molar-refractivity contribution in [3.63, 3.8) is 0 Å². The molecule has 1 saturated carbocycles. The van der Waals surface area contributed by atoms with E-state index in [0.29, 0.717) is 23.9 Å². The minimum absolute atomic E-state index is 0. The first-order valence-electron chi connectivity index (χ1n) is 15.0. The second-order valence-electron chi connectivity index (χ2n) is 12.0. The van der Waals surface area contributed by atoms with E-state index in [1.807, 2.05) is 32.2 Å². The smallest absolute Gasteiger partial charge is 0.338 e. The molecule has 2 N–H and O–H groups in total. The number of likely N-dealkylation sites (tertiary alicyclic amines) is 1. The van der Waals surface area contributed by atoms with E-state index in [1.54, 1.807) is 35.3 Å². The summed E-state index contributed by atoms with van der Waals surface area (Å²) in [5.74, 6) is 1.54. The van der Waals surface area contributed by atoms with Gasteiger partial charge < -0.3 is 29.9 Å². The number of ether oxygens (including phenoxy) is 1. The number of piperidine rings is 2. The van der Waals surface area contributed by atoms with Gasteiger partial charge in [-0.2, -0.15) is 8.75 Å². The highest BCUT2D eigenvalue weighted by atomic mass is 35.5. The Morgan fingerprint density at radius 2 is 1.59 bits per heavy atom. The average molecular weight is 712 g/mol. The first kappa shape index (κ1) is 36.2. The number of esters is 1. The SMILES string of the molecule is CN(C(=O)C1C2CNCC21)c1ccns1.Cc1c([C@@H](O)CN2CCC(C(=O)N(C)c3ccns3)CC2)ccc2c1COC2=O.Cl.Cl. The summed E-state index contributed by atoms with van der Waals surface area (Å²) in [6, 6.07) is 7.31. The van der Waals surface area contributed by atoms with Crippen molar-refractivity contribution in [2.75, 3.05) is 56.6 Å². The summed E-state index contributed by atoms with van der Waals surface area (Å²) in [5, 5.41) is 15.9. The molecule has 15 heteroatoms. The zero-order valence-corrected chi connectivity index (χ0v) is 29.2. The number of anilines is 2. The molecular formula is C31H40Cl2N6O5S2. The number of hydrogen-bond donors (Lipinski definition) is 2. The monoisotopic (exact) mass is 710 g/mol. The fourth-order valence-corrected chi connectivity index (χ4v) is 7.83. The van der Waals surface area contributed by atoms with Crippen LogP contribution in [0.25, 0.3) is 0 Å². The Hall–Kier alpha value is -2.65. The molecule has 0 bridgehead atoms. The maximum atomic E-state index is 12.7. The summed E-state index contributed by atoms with van der Waals surface area (Å²) in [4.78, 5) is 42.2. The fraction of sp³-hybridized carbons (Fsp3) is 0.516. The molecule has 3 atom stereocenters. The number of halogens is 2. The Kier molecular flexibility index (Phi) is 12.2. The summed E-state index contributed by atoms with van der Waals surface area (Å²) in [6.07, 6.45) is 4.36. The largest absolute Gasteiger partial charge is 0.457 e. The molecule has 11 nitrogen and oxygen atoms in total. The van der Waals surface area contributed by atoms with Crippen LogP contribution in [0.15, 0.2) is 36.7 Å². The van der Waals surface area contributed by atoms with E-state index in [4.69, 9.17) is 4.74 Å². The lowest BCUT2D eigenvalue weighted by molar-refractivity contribution is -0.123. The van der Waals surface area contributed by atoms with Crippen LogP contribution >= 0.6 is 47.9 Å². The molecule has 250 valence electrons. The van der Waals surface area contributed by atoms with Gasteiger partial charge in [0.05, 0.1) is 11.7 Å². The van der Waals surface area contributed by atoms with E-state index in [9.17, 15) is 19.5 Å². The van der Waals surface area contributed by atoms with Crippen LogP contribution in [0.4, 0.5) is 10.0 Å². The average Bonchev–Trinajstić information content (AvgIpc) is 3.70. The van der Waals surface area contributed by atoms with Crippen molar-refractivity contribution in [3.8, 4) is 0 Å². The molecule has 0 radical (unpaired) electrons. The van der Waals surface area contributed by atoms with Crippen LogP contribution in [-0.2, 0) is 20.9 Å². The van der Waals surface area contributed by atoms with Crippen LogP contribution < -0.4 is 15.1 Å². The minimum atomic E-state index is -0.636. The summed E-state index contributed by atoms with van der Waals surface area (Å²) in [6.45, 7) is 6.29. The molecule has 5 heterocycles. The highest BCUT2D eigenvalue weighted by molar-refractivity contribution is 7.10. The van der Waals surface area contributed by atoms with Crippen molar-refractivity contribution in [1.82, 2.24) is 19.0 Å². The normalized spacial score (nSPS) is 22.2. The highest BCUT2D eigenvalue weighted by Crippen LogP contribution is 2.49. The topological polar surface area (TPSA) is 128 Å². The third kappa shape index (κ3) is 7.40. The van der Waals surface area contributed by atoms with E-state index in [2.05, 4.69) is 19.0 Å². The quantitative estimate of drug-likeness (QED) is 0.351. The number of rotatable bonds is 7. The highest BCUT2D eigenvalue weighted by Gasteiger charge is 2.57. The number of fused-ring (bicyclic) bond motifs is 2. The number of nitrogens with one attached hydrogen (secondary N) is 1. The number of aliphatic hydroxyl groups excluding tert-OH is 1. The van der Waals surface area contributed by atoms with Crippen molar-refractivity contribution in [2.45, 2.75) is 32.5 Å². The molecule has 1 aromatic carbocycles. The molecule has 2 amide bonds. The molecule has 0 spiro atoms. The van der Waals surface area contributed by atoms with Gasteiger partial charge in [-0.1, -0.05) is 6.07 Å². The van der Waals surface area contributed by atoms with Crippen LogP contribution in [-0.4, -0.2) is 83.4 Å². The van der Waals surface area contributed by atoms with Gasteiger partial charge in [0.2, 0.25) is 11.8 Å². The third-order valence-electron chi connectivity index (χ3n) is 9.48. The fourth-order valence-electron chi connectivity index (χ4n) is 6.70. The number of hydrogen-bond acceptors (Lipinski definition) is 11. The van der Waals surface area contributed by atoms with Gasteiger partial charge in [0.1, 0.15) is 16.6 Å². The lowest BCUT2D eigenvalue weighted by Crippen LogP contribution is -2.42. The predicted octanol–water partition coefficient (Wildman–Crippen LogP) is 3.95. The van der Waals surface area contributed by atoms with Gasteiger partial charge >= 0.3 is 5.97 Å². The number of β-amino-alcohol motifs (C(OH)–C–C–N with tert-alkyl or cyclic N) is 1. The zero-order chi connectivity index (χ0) is 31.0. The number of carbonyl (C=O) groups excluding carboxylic acids is 3. The van der Waals surface area contributed by atoms with Gasteiger partial charge in [-0.25, -0.2) is 4.79 Å². The Bertz CT molecular complexity index is 1490. The predicted molar refractivity (Wildman–Crippen MR) is 183 cm³/mol. The molecule has 3 aliphatic heterocycles. The standard InChI is InChI=1S/C21H25N3O4S.C10H13N3OS.2ClH/c1-13-15(3-4-16-17(13)12-28-21(16)27)18(25)11-24-9-6-14(7-10-24)20(26)23(2)19-5-8-22-29-19;1-13(8-2-3-12-15-8)10(14)9-6-4-11-5-7(6)9;;/h3-5,8,14,18,25H,6-7,9-12H2,1-2H3;2-3,6-7,9,11H,4-5H2,1H3;2*1H/t18-;;;/m0.../s1. The van der Waals surface area contributed by atoms with Crippen molar-refractivity contribution in [2.24, 2.45) is 23.7 Å². The summed E-state index contributed by atoms with van der Waals surface area (Å²) >= 11 is 2.69. The van der Waals surface area contributed by atoms with Crippen molar-refractivity contribution < 1.29 is 24.2 Å². The molecule has 2 aromatic heterocycles. The molecule has 2 unspecified atom stereocenters. The Morgan fingerprint density at radius 1 is 1.00 bits per heavy atom. The van der Waals surface area contributed by atoms with Gasteiger partial charge in [0, 0.05) is 50.4 Å². The Balaban J connectivity index is 0.000000238. The first-order valence-corrected chi connectivity index (χ1v) is 16.6. The maximum absolute atomic E-state index is 12.7. The molecule has 2 saturated heterocycles. The van der Waals surface area contributed by atoms with Gasteiger partial charge in [0.25, 0.3) is 0 Å². The number of nitrogens with zero attached hydrogens (tertiary/aromatic N) is 5. The van der Waals surface area contributed by atoms with Crippen LogP contribution in [0.3, 0.4) is 0 Å². The summed E-state index contributed by atoms with van der Waals surface area (Å²) < 4.78 is 13.2. The van der Waals surface area contributed by atoms with Crippen molar-refractivity contribution >= 4 is 75.7 Å². The molecule has 3 fully saturated rings. The molecule has 4 aliphatic rings. The van der Waals surface area contributed by atoms with E-state index >= 15 is 0 Å². The number of amides is 2. The maximum Gasteiger partial charge on any atom is 0.338 e. The number of benzene rings is 1. The van der Waals surface area contributed by atoms with E-state index in [1.165, 1.54) is 23.1 Å². The molecule has 3 aromatic rings. The Labute approximate surface area is 289 Å². The van der Waals surface area contributed by atoms with Gasteiger partial charge in [0.15, 0.2) is 0 Å². The van der Waals surface area contributed by atoms with Crippen molar-refractivity contribution in [1.29, 1.82) is 0 Å². The molecule has 1 aliphatic carbocycles. The number of aromatic nitrogens is 2. The Morgan fingerprint density at radius 3 is 2.15 bits per heavy atom. The number of aliphatic hydroxyl groups is 1. The molecule has 46 heavy (non-hydrogen) atoms. The lowest BCUT2D eigenvalue weighted by Gasteiger charge is -2.34. The van der Waals surface area contributed by atoms with Crippen LogP contribution in [0.2, 0.25) is 0 Å². The van der Waals surface area contributed by atoms with Crippen LogP contribution in [0.5, 0.6) is 0 Å². The lowest BCUT2D eigenvalue weighted by atomic mass is 9.93. The zero-order valence-electron chi connectivity index (χ0n) is 26.0. The minimum Gasteiger partial charge on any atom is -0.457 e. The van der Waals surface area contributed by atoms with Crippen LogP contribution in [0.1, 0.15) is 46.0 Å². The third-order valence-corrected chi connectivity index (χ3v) is 11.1. The van der Waals surface area contributed by atoms with Gasteiger partial charge in [-0.05, 0) is 110 Å². The molecule has 7 rings (SSSR count). The van der Waals surface area contributed by atoms with Gasteiger partial charge in [-0.15, -0.1) is 24.8 Å². The summed E-state index contributed by atoms with van der Waals surface area (Å²) in [7, 11) is 3.65. The van der Waals surface area contributed by atoms with E-state index in [0.717, 1.165) is 65.7 Å².